The molecule has 0 saturated carbocycles. The standard InChI is InChI=1S/C16H24N4S/c1-3-8-15-17-18-16(21)20(15)12-7-11-19(2)13-14-9-5-4-6-10-14/h4-6,9-10H,3,7-8,11-13H2,1-2H3,(H,18,21). The highest BCUT2D eigenvalue weighted by Crippen LogP contribution is 2.05. The predicted octanol–water partition coefficient (Wildman–Crippen LogP) is 1.24. The SMILES string of the molecule is CCCc1nnc([S-])n1CCC[NH+](C)Cc1ccccc1. The van der Waals surface area contributed by atoms with Crippen LogP contribution in [0.25, 0.3) is 0 Å². The monoisotopic (exact) mass is 304 g/mol. The van der Waals surface area contributed by atoms with Gasteiger partial charge in [0, 0.05) is 30.1 Å². The minimum atomic E-state index is 0.624. The summed E-state index contributed by atoms with van der Waals surface area (Å²) in [4.78, 5) is 1.51. The van der Waals surface area contributed by atoms with Gasteiger partial charge in [-0.05, 0) is 6.42 Å². The maximum atomic E-state index is 5.25. The summed E-state index contributed by atoms with van der Waals surface area (Å²) in [6.07, 6.45) is 3.13. The molecule has 2 aromatic rings. The second kappa shape index (κ2) is 8.10. The van der Waals surface area contributed by atoms with Crippen LogP contribution < -0.4 is 4.90 Å². The van der Waals surface area contributed by atoms with Gasteiger partial charge in [0.25, 0.3) is 0 Å². The molecule has 21 heavy (non-hydrogen) atoms. The van der Waals surface area contributed by atoms with E-state index in [4.69, 9.17) is 12.6 Å². The van der Waals surface area contributed by atoms with Crippen LogP contribution >= 0.6 is 0 Å². The Kier molecular flexibility index (Phi) is 6.14. The van der Waals surface area contributed by atoms with Gasteiger partial charge in [-0.15, -0.1) is 5.10 Å². The van der Waals surface area contributed by atoms with Crippen molar-refractivity contribution in [2.45, 2.75) is 44.4 Å². The highest BCUT2D eigenvalue weighted by atomic mass is 32.1. The van der Waals surface area contributed by atoms with Gasteiger partial charge in [-0.25, -0.2) is 0 Å². The van der Waals surface area contributed by atoms with E-state index in [1.54, 1.807) is 0 Å². The van der Waals surface area contributed by atoms with Gasteiger partial charge in [0.1, 0.15) is 12.4 Å². The van der Waals surface area contributed by atoms with Crippen molar-refractivity contribution in [1.29, 1.82) is 0 Å². The van der Waals surface area contributed by atoms with Crippen LogP contribution in [0.15, 0.2) is 35.5 Å². The lowest BCUT2D eigenvalue weighted by Gasteiger charge is -2.16. The quantitative estimate of drug-likeness (QED) is 0.745. The molecule has 0 aliphatic heterocycles. The summed E-state index contributed by atoms with van der Waals surface area (Å²) in [6, 6.07) is 10.6. The first kappa shape index (κ1) is 15.9. The Morgan fingerprint density at radius 2 is 1.95 bits per heavy atom. The van der Waals surface area contributed by atoms with E-state index in [0.717, 1.165) is 44.7 Å². The Morgan fingerprint density at radius 1 is 1.19 bits per heavy atom. The molecule has 1 aromatic heterocycles. The molecule has 5 heteroatoms. The Hall–Kier alpha value is -1.46. The second-order valence-corrected chi connectivity index (χ2v) is 5.89. The lowest BCUT2D eigenvalue weighted by Crippen LogP contribution is -3.07. The third kappa shape index (κ3) is 4.79. The molecule has 114 valence electrons. The zero-order valence-corrected chi connectivity index (χ0v) is 13.7. The number of rotatable bonds is 8. The van der Waals surface area contributed by atoms with Crippen LogP contribution in [-0.4, -0.2) is 28.4 Å². The number of nitrogens with zero attached hydrogens (tertiary/aromatic N) is 3. The summed E-state index contributed by atoms with van der Waals surface area (Å²) in [6.45, 7) is 5.26. The van der Waals surface area contributed by atoms with Crippen LogP contribution in [0.2, 0.25) is 0 Å². The van der Waals surface area contributed by atoms with Crippen LogP contribution in [0.1, 0.15) is 31.2 Å². The van der Waals surface area contributed by atoms with E-state index in [-0.39, 0.29) is 0 Å². The van der Waals surface area contributed by atoms with Crippen molar-refractivity contribution >= 4 is 12.6 Å². The molecule has 0 aliphatic rings. The maximum Gasteiger partial charge on any atom is 0.131 e. The number of aryl methyl sites for hydroxylation is 1. The van der Waals surface area contributed by atoms with Gasteiger partial charge in [-0.2, -0.15) is 5.10 Å². The highest BCUT2D eigenvalue weighted by molar-refractivity contribution is 7.58. The van der Waals surface area contributed by atoms with Gasteiger partial charge in [0.15, 0.2) is 0 Å². The molecule has 0 saturated heterocycles. The summed E-state index contributed by atoms with van der Waals surface area (Å²) in [5.41, 5.74) is 1.38. The van der Waals surface area contributed by atoms with E-state index in [2.05, 4.69) is 59.1 Å². The van der Waals surface area contributed by atoms with Crippen LogP contribution in [0.5, 0.6) is 0 Å². The molecule has 0 aliphatic carbocycles. The fourth-order valence-electron chi connectivity index (χ4n) is 2.52. The minimum absolute atomic E-state index is 0.624. The van der Waals surface area contributed by atoms with Gasteiger partial charge in [0.05, 0.1) is 13.6 Å². The molecular weight excluding hydrogens is 280 g/mol. The Labute approximate surface area is 132 Å². The normalized spacial score (nSPS) is 12.5. The van der Waals surface area contributed by atoms with Gasteiger partial charge < -0.3 is 22.1 Å². The van der Waals surface area contributed by atoms with Gasteiger partial charge in [-0.1, -0.05) is 37.3 Å². The van der Waals surface area contributed by atoms with Crippen LogP contribution in [0.3, 0.4) is 0 Å². The second-order valence-electron chi connectivity index (χ2n) is 5.52. The fourth-order valence-corrected chi connectivity index (χ4v) is 2.76. The van der Waals surface area contributed by atoms with Crippen molar-refractivity contribution in [3.8, 4) is 0 Å². The molecular formula is C16H24N4S. The first-order valence-electron chi connectivity index (χ1n) is 7.65. The summed E-state index contributed by atoms with van der Waals surface area (Å²) < 4.78 is 2.09. The third-order valence-corrected chi connectivity index (χ3v) is 3.90. The number of hydrogen-bond donors (Lipinski definition) is 1. The van der Waals surface area contributed by atoms with Crippen molar-refractivity contribution in [2.24, 2.45) is 0 Å². The third-order valence-electron chi connectivity index (χ3n) is 3.60. The lowest BCUT2D eigenvalue weighted by molar-refractivity contribution is -0.894. The van der Waals surface area contributed by atoms with Crippen molar-refractivity contribution in [3.63, 3.8) is 0 Å². The number of quaternary nitrogens is 1. The van der Waals surface area contributed by atoms with Gasteiger partial charge in [0.2, 0.25) is 0 Å². The zero-order valence-electron chi connectivity index (χ0n) is 12.9. The van der Waals surface area contributed by atoms with Crippen molar-refractivity contribution in [2.75, 3.05) is 13.6 Å². The largest absolute Gasteiger partial charge is 0.740 e. The van der Waals surface area contributed by atoms with E-state index in [1.807, 2.05) is 0 Å². The molecule has 1 atom stereocenters. The fraction of sp³-hybridized carbons (Fsp3) is 0.500. The molecule has 0 bridgehead atoms. The maximum absolute atomic E-state index is 5.25. The zero-order chi connectivity index (χ0) is 15.1. The number of hydrogen-bond acceptors (Lipinski definition) is 3. The molecule has 0 fully saturated rings. The van der Waals surface area contributed by atoms with Gasteiger partial charge in [-0.3, -0.25) is 0 Å². The van der Waals surface area contributed by atoms with Crippen LogP contribution in [0, 0.1) is 0 Å². The number of benzene rings is 1. The molecule has 1 N–H and O–H groups in total. The van der Waals surface area contributed by atoms with Crippen molar-refractivity contribution in [1.82, 2.24) is 14.8 Å². The number of aromatic nitrogens is 3. The minimum Gasteiger partial charge on any atom is -0.740 e. The average Bonchev–Trinajstić information content (AvgIpc) is 2.82. The summed E-state index contributed by atoms with van der Waals surface area (Å²) in [5, 5.41) is 8.82. The Balaban J connectivity index is 1.80. The summed E-state index contributed by atoms with van der Waals surface area (Å²) >= 11 is 5.25. The summed E-state index contributed by atoms with van der Waals surface area (Å²) in [5.74, 6) is 1.03. The van der Waals surface area contributed by atoms with Crippen molar-refractivity contribution < 1.29 is 4.90 Å². The van der Waals surface area contributed by atoms with Crippen LogP contribution in [-0.2, 0) is 32.1 Å². The Bertz CT molecular complexity index is 538. The summed E-state index contributed by atoms with van der Waals surface area (Å²) in [7, 11) is 2.24. The molecule has 0 spiro atoms. The highest BCUT2D eigenvalue weighted by Gasteiger charge is 2.07. The lowest BCUT2D eigenvalue weighted by atomic mass is 10.2. The van der Waals surface area contributed by atoms with Gasteiger partial charge >= 0.3 is 0 Å². The molecule has 4 nitrogen and oxygen atoms in total. The van der Waals surface area contributed by atoms with Crippen LogP contribution in [0.4, 0.5) is 0 Å². The Morgan fingerprint density at radius 3 is 2.67 bits per heavy atom. The molecule has 1 aromatic carbocycles. The molecule has 1 unspecified atom stereocenters. The smallest absolute Gasteiger partial charge is 0.131 e. The number of nitrogens with one attached hydrogen (secondary N) is 1. The van der Waals surface area contributed by atoms with E-state index in [0.29, 0.717) is 5.16 Å². The van der Waals surface area contributed by atoms with E-state index >= 15 is 0 Å². The molecule has 1 heterocycles. The van der Waals surface area contributed by atoms with Crippen molar-refractivity contribution in [3.05, 3.63) is 41.7 Å². The first-order valence-corrected chi connectivity index (χ1v) is 8.06. The molecule has 0 radical (unpaired) electrons. The average molecular weight is 304 g/mol. The molecule has 0 amide bonds. The van der Waals surface area contributed by atoms with E-state index in [1.165, 1.54) is 10.5 Å². The molecule has 2 rings (SSSR count). The first-order chi connectivity index (χ1) is 10.2. The topological polar surface area (TPSA) is 35.1 Å². The van der Waals surface area contributed by atoms with E-state index < -0.39 is 0 Å². The predicted molar refractivity (Wildman–Crippen MR) is 86.2 cm³/mol. The van der Waals surface area contributed by atoms with E-state index in [9.17, 15) is 0 Å².